The molecule has 0 aliphatic rings. The highest BCUT2D eigenvalue weighted by Gasteiger charge is 2.12. The molecule has 1 unspecified atom stereocenters. The van der Waals surface area contributed by atoms with Gasteiger partial charge in [-0.25, -0.2) is 0 Å². The van der Waals surface area contributed by atoms with E-state index in [9.17, 15) is 0 Å². The van der Waals surface area contributed by atoms with Crippen LogP contribution in [0.4, 0.5) is 0 Å². The van der Waals surface area contributed by atoms with E-state index in [1.54, 1.807) is 21.3 Å². The predicted molar refractivity (Wildman–Crippen MR) is 63.0 cm³/mol. The van der Waals surface area contributed by atoms with Gasteiger partial charge in [0.15, 0.2) is 0 Å². The number of benzene rings is 1. The van der Waals surface area contributed by atoms with Gasteiger partial charge in [0.1, 0.15) is 11.5 Å². The molecular formula is C12H19NO3. The molecule has 16 heavy (non-hydrogen) atoms. The van der Waals surface area contributed by atoms with Crippen LogP contribution in [0.25, 0.3) is 0 Å². The molecule has 1 aromatic carbocycles. The largest absolute Gasteiger partial charge is 0.497 e. The van der Waals surface area contributed by atoms with Crippen molar-refractivity contribution < 1.29 is 14.2 Å². The lowest BCUT2D eigenvalue weighted by atomic mass is 10.0. The number of nitrogens with two attached hydrogens (primary N) is 1. The first-order valence-electron chi connectivity index (χ1n) is 5.19. The molecule has 0 fully saturated rings. The monoisotopic (exact) mass is 225 g/mol. The molecule has 4 nitrogen and oxygen atoms in total. The smallest absolute Gasteiger partial charge is 0.123 e. The van der Waals surface area contributed by atoms with Crippen LogP contribution >= 0.6 is 0 Å². The van der Waals surface area contributed by atoms with Crippen LogP contribution in [0.1, 0.15) is 18.0 Å². The molecule has 0 saturated heterocycles. The van der Waals surface area contributed by atoms with Crippen molar-refractivity contribution in [3.63, 3.8) is 0 Å². The third-order valence-corrected chi connectivity index (χ3v) is 2.47. The SMILES string of the molecule is COCCC(N)c1cc(OC)ccc1OC. The third-order valence-electron chi connectivity index (χ3n) is 2.47. The molecule has 0 aromatic heterocycles. The zero-order valence-corrected chi connectivity index (χ0v) is 10.0. The highest BCUT2D eigenvalue weighted by Crippen LogP contribution is 2.29. The van der Waals surface area contributed by atoms with E-state index in [-0.39, 0.29) is 6.04 Å². The number of ether oxygens (including phenoxy) is 3. The minimum atomic E-state index is -0.106. The van der Waals surface area contributed by atoms with E-state index >= 15 is 0 Å². The van der Waals surface area contributed by atoms with Gasteiger partial charge in [-0.3, -0.25) is 0 Å². The van der Waals surface area contributed by atoms with Gasteiger partial charge in [0.2, 0.25) is 0 Å². The summed E-state index contributed by atoms with van der Waals surface area (Å²) in [5.74, 6) is 1.56. The predicted octanol–water partition coefficient (Wildman–Crippen LogP) is 1.74. The Morgan fingerprint density at radius 3 is 2.50 bits per heavy atom. The van der Waals surface area contributed by atoms with Crippen molar-refractivity contribution in [1.82, 2.24) is 0 Å². The lowest BCUT2D eigenvalue weighted by Crippen LogP contribution is -2.14. The van der Waals surface area contributed by atoms with E-state index in [1.165, 1.54) is 0 Å². The maximum atomic E-state index is 6.07. The summed E-state index contributed by atoms with van der Waals surface area (Å²) in [6, 6.07) is 5.51. The van der Waals surface area contributed by atoms with Crippen molar-refractivity contribution in [2.45, 2.75) is 12.5 Å². The molecule has 0 radical (unpaired) electrons. The first-order valence-corrected chi connectivity index (χ1v) is 5.19. The van der Waals surface area contributed by atoms with E-state index in [4.69, 9.17) is 19.9 Å². The van der Waals surface area contributed by atoms with Crippen LogP contribution in [0.15, 0.2) is 18.2 Å². The van der Waals surface area contributed by atoms with Gasteiger partial charge in [-0.1, -0.05) is 0 Å². The Kier molecular flexibility index (Phi) is 5.08. The molecule has 1 atom stereocenters. The lowest BCUT2D eigenvalue weighted by Gasteiger charge is -2.16. The molecule has 1 aromatic rings. The Balaban J connectivity index is 2.89. The zero-order chi connectivity index (χ0) is 12.0. The topological polar surface area (TPSA) is 53.7 Å². The van der Waals surface area contributed by atoms with Crippen molar-refractivity contribution in [3.8, 4) is 11.5 Å². The fourth-order valence-electron chi connectivity index (χ4n) is 1.53. The van der Waals surface area contributed by atoms with Crippen molar-refractivity contribution in [1.29, 1.82) is 0 Å². The second-order valence-corrected chi connectivity index (χ2v) is 3.50. The number of hydrogen-bond donors (Lipinski definition) is 1. The van der Waals surface area contributed by atoms with Crippen LogP contribution in [-0.4, -0.2) is 27.9 Å². The summed E-state index contributed by atoms with van der Waals surface area (Å²) in [7, 11) is 4.93. The van der Waals surface area contributed by atoms with Crippen LogP contribution in [-0.2, 0) is 4.74 Å². The van der Waals surface area contributed by atoms with Crippen molar-refractivity contribution >= 4 is 0 Å². The van der Waals surface area contributed by atoms with Crippen LogP contribution in [0, 0.1) is 0 Å². The first-order chi connectivity index (χ1) is 7.72. The van der Waals surface area contributed by atoms with Gasteiger partial charge >= 0.3 is 0 Å². The minimum absolute atomic E-state index is 0.106. The van der Waals surface area contributed by atoms with E-state index in [2.05, 4.69) is 0 Å². The number of methoxy groups -OCH3 is 3. The second-order valence-electron chi connectivity index (χ2n) is 3.50. The molecule has 0 spiro atoms. The standard InChI is InChI=1S/C12H19NO3/c1-14-7-6-11(13)10-8-9(15-2)4-5-12(10)16-3/h4-5,8,11H,6-7,13H2,1-3H3. The summed E-state index contributed by atoms with van der Waals surface area (Å²) < 4.78 is 15.4. The third kappa shape index (κ3) is 3.12. The van der Waals surface area contributed by atoms with Gasteiger partial charge in [0, 0.05) is 25.3 Å². The van der Waals surface area contributed by atoms with E-state index in [0.29, 0.717) is 6.61 Å². The maximum absolute atomic E-state index is 6.07. The Morgan fingerprint density at radius 2 is 1.94 bits per heavy atom. The molecule has 4 heteroatoms. The second kappa shape index (κ2) is 6.35. The molecular weight excluding hydrogens is 206 g/mol. The summed E-state index contributed by atoms with van der Waals surface area (Å²) in [5, 5.41) is 0. The van der Waals surface area contributed by atoms with Crippen LogP contribution in [0.2, 0.25) is 0 Å². The fraction of sp³-hybridized carbons (Fsp3) is 0.500. The van der Waals surface area contributed by atoms with Gasteiger partial charge in [0.25, 0.3) is 0 Å². The van der Waals surface area contributed by atoms with Crippen LogP contribution in [0.5, 0.6) is 11.5 Å². The number of hydrogen-bond acceptors (Lipinski definition) is 4. The van der Waals surface area contributed by atoms with Gasteiger partial charge < -0.3 is 19.9 Å². The fourth-order valence-corrected chi connectivity index (χ4v) is 1.53. The van der Waals surface area contributed by atoms with E-state index < -0.39 is 0 Å². The molecule has 0 aliphatic heterocycles. The summed E-state index contributed by atoms with van der Waals surface area (Å²) in [6.45, 7) is 0.627. The summed E-state index contributed by atoms with van der Waals surface area (Å²) in [5.41, 5.74) is 7.01. The summed E-state index contributed by atoms with van der Waals surface area (Å²) >= 11 is 0. The summed E-state index contributed by atoms with van der Waals surface area (Å²) in [4.78, 5) is 0. The highest BCUT2D eigenvalue weighted by molar-refractivity contribution is 5.42. The molecule has 2 N–H and O–H groups in total. The first kappa shape index (κ1) is 12.8. The molecule has 0 bridgehead atoms. The van der Waals surface area contributed by atoms with Gasteiger partial charge in [-0.2, -0.15) is 0 Å². The maximum Gasteiger partial charge on any atom is 0.123 e. The van der Waals surface area contributed by atoms with Crippen molar-refractivity contribution in [3.05, 3.63) is 23.8 Å². The lowest BCUT2D eigenvalue weighted by molar-refractivity contribution is 0.187. The Bertz CT molecular complexity index is 328. The van der Waals surface area contributed by atoms with E-state index in [1.807, 2.05) is 18.2 Å². The van der Waals surface area contributed by atoms with Gasteiger partial charge in [-0.15, -0.1) is 0 Å². The van der Waals surface area contributed by atoms with Crippen LogP contribution < -0.4 is 15.2 Å². The normalized spacial score (nSPS) is 12.2. The summed E-state index contributed by atoms with van der Waals surface area (Å²) in [6.07, 6.45) is 0.750. The minimum Gasteiger partial charge on any atom is -0.497 e. The zero-order valence-electron chi connectivity index (χ0n) is 10.0. The Morgan fingerprint density at radius 1 is 1.19 bits per heavy atom. The Hall–Kier alpha value is -1.26. The average Bonchev–Trinajstić information content (AvgIpc) is 2.35. The van der Waals surface area contributed by atoms with Crippen LogP contribution in [0.3, 0.4) is 0 Å². The molecule has 0 aliphatic carbocycles. The molecule has 90 valence electrons. The Labute approximate surface area is 96.3 Å². The molecule has 0 saturated carbocycles. The molecule has 0 amide bonds. The van der Waals surface area contributed by atoms with Crippen molar-refractivity contribution in [2.24, 2.45) is 5.73 Å². The van der Waals surface area contributed by atoms with Gasteiger partial charge in [-0.05, 0) is 24.6 Å². The molecule has 1 rings (SSSR count). The quantitative estimate of drug-likeness (QED) is 0.801. The highest BCUT2D eigenvalue weighted by atomic mass is 16.5. The van der Waals surface area contributed by atoms with E-state index in [0.717, 1.165) is 23.5 Å². The average molecular weight is 225 g/mol. The molecule has 0 heterocycles. The van der Waals surface area contributed by atoms with Gasteiger partial charge in [0.05, 0.1) is 14.2 Å². The van der Waals surface area contributed by atoms with Crippen molar-refractivity contribution in [2.75, 3.05) is 27.9 Å². The number of rotatable bonds is 6.